The fraction of sp³-hybridized carbons (Fsp3) is 0.800. The monoisotopic (exact) mass is 613 g/mol. The Balaban J connectivity index is 5.16. The second-order valence-corrected chi connectivity index (χ2v) is 12.0. The average Bonchev–Trinajstić information content (AvgIpc) is 2.95. The normalized spacial score (nSPS) is 14.0. The van der Waals surface area contributed by atoms with E-state index in [1.165, 1.54) is 11.8 Å². The predicted octanol–water partition coefficient (Wildman–Crippen LogP) is 1.08. The molecule has 4 atom stereocenters. The number of amides is 3. The molecule has 0 radical (unpaired) electrons. The average molecular weight is 614 g/mol. The lowest BCUT2D eigenvalue weighted by atomic mass is 9.95. The molecule has 11 nitrogen and oxygen atoms in total. The summed E-state index contributed by atoms with van der Waals surface area (Å²) in [5.41, 5.74) is 6.60. The van der Waals surface area contributed by atoms with Gasteiger partial charge in [0.25, 0.3) is 0 Å². The number of unbranched alkanes of at least 4 members (excludes halogenated alkanes) is 3. The van der Waals surface area contributed by atoms with E-state index in [0.717, 1.165) is 50.8 Å². The van der Waals surface area contributed by atoms with Crippen molar-refractivity contribution in [3.63, 3.8) is 0 Å². The molecule has 0 bridgehead atoms. The van der Waals surface area contributed by atoms with Crippen molar-refractivity contribution in [2.45, 2.75) is 89.3 Å². The maximum absolute atomic E-state index is 13.4. The molecule has 0 heterocycles. The smallest absolute Gasteiger partial charge is 0.237 e. The predicted molar refractivity (Wildman–Crippen MR) is 174 cm³/mol. The van der Waals surface area contributed by atoms with E-state index < -0.39 is 23.9 Å². The number of carbonyl (C=O) groups excluding carboxylic acids is 4. The highest BCUT2D eigenvalue weighted by atomic mass is 32.2. The van der Waals surface area contributed by atoms with Crippen molar-refractivity contribution in [1.82, 2.24) is 31.9 Å². The zero-order chi connectivity index (χ0) is 31.8. The summed E-state index contributed by atoms with van der Waals surface area (Å²) in [6.45, 7) is 8.06. The molecule has 3 amide bonds. The Bertz CT molecular complexity index is 800. The first-order valence-corrected chi connectivity index (χ1v) is 16.5. The van der Waals surface area contributed by atoms with Gasteiger partial charge in [-0.2, -0.15) is 11.8 Å². The number of hydrogen-bond donors (Lipinski definition) is 7. The summed E-state index contributed by atoms with van der Waals surface area (Å²) in [4.78, 5) is 51.2. The molecule has 42 heavy (non-hydrogen) atoms. The van der Waals surface area contributed by atoms with E-state index >= 15 is 0 Å². The van der Waals surface area contributed by atoms with Gasteiger partial charge in [0.1, 0.15) is 0 Å². The van der Waals surface area contributed by atoms with Crippen LogP contribution in [0, 0.1) is 5.92 Å². The fourth-order valence-electron chi connectivity index (χ4n) is 4.51. The van der Waals surface area contributed by atoms with Crippen molar-refractivity contribution in [3.8, 4) is 0 Å². The molecule has 0 aliphatic heterocycles. The Morgan fingerprint density at radius 3 is 1.71 bits per heavy atom. The molecule has 0 aromatic carbocycles. The van der Waals surface area contributed by atoms with Crippen LogP contribution in [0.15, 0.2) is 12.2 Å². The van der Waals surface area contributed by atoms with E-state index in [2.05, 4.69) is 38.5 Å². The quantitative estimate of drug-likeness (QED) is 0.0505. The molecule has 0 aliphatic carbocycles. The van der Waals surface area contributed by atoms with Gasteiger partial charge in [0.05, 0.1) is 24.0 Å². The Morgan fingerprint density at radius 1 is 0.738 bits per heavy atom. The van der Waals surface area contributed by atoms with Crippen LogP contribution in [0.25, 0.3) is 0 Å². The lowest BCUT2D eigenvalue weighted by Crippen LogP contribution is -2.50. The Morgan fingerprint density at radius 2 is 1.24 bits per heavy atom. The second kappa shape index (κ2) is 25.5. The molecular weight excluding hydrogens is 554 g/mol. The van der Waals surface area contributed by atoms with Crippen LogP contribution in [-0.4, -0.2) is 101 Å². The summed E-state index contributed by atoms with van der Waals surface area (Å²) < 4.78 is 0. The van der Waals surface area contributed by atoms with Crippen LogP contribution >= 0.6 is 11.8 Å². The highest BCUT2D eigenvalue weighted by Crippen LogP contribution is 2.17. The standard InChI is InChI=1S/C30H59N7O4S/c1-22(2)20-42-21-23(28(31)39)19-27(38)24(37-30(41)26(35-6)15-8-11-17-33-4)13-9-12-18-36-29(40)25(34-5)14-7-10-16-32-3/h23-26,32-35H,1,7-21H2,2-6H3,(H2,31,39)(H,36,40)(H,37,41)/t23-,24-,25-,26?/m0/s1. The maximum Gasteiger partial charge on any atom is 0.237 e. The minimum atomic E-state index is -0.730. The van der Waals surface area contributed by atoms with Gasteiger partial charge in [-0.15, -0.1) is 0 Å². The highest BCUT2D eigenvalue weighted by Gasteiger charge is 2.28. The largest absolute Gasteiger partial charge is 0.369 e. The summed E-state index contributed by atoms with van der Waals surface area (Å²) in [5, 5.41) is 18.3. The van der Waals surface area contributed by atoms with E-state index in [1.54, 1.807) is 14.1 Å². The van der Waals surface area contributed by atoms with Crippen molar-refractivity contribution >= 4 is 35.3 Å². The van der Waals surface area contributed by atoms with Gasteiger partial charge in [-0.05, 0) is 93.1 Å². The summed E-state index contributed by atoms with van der Waals surface area (Å²) in [6.07, 6.45) is 6.87. The van der Waals surface area contributed by atoms with Crippen molar-refractivity contribution in [2.75, 3.05) is 59.3 Å². The molecule has 12 heteroatoms. The van der Waals surface area contributed by atoms with Crippen molar-refractivity contribution < 1.29 is 19.2 Å². The molecule has 0 spiro atoms. The number of nitrogens with two attached hydrogens (primary N) is 1. The molecule has 0 aromatic heterocycles. The zero-order valence-corrected chi connectivity index (χ0v) is 27.6. The Kier molecular flexibility index (Phi) is 24.3. The van der Waals surface area contributed by atoms with Crippen LogP contribution in [0.5, 0.6) is 0 Å². The molecular formula is C30H59N7O4S. The number of thioether (sulfide) groups is 1. The van der Waals surface area contributed by atoms with E-state index in [0.29, 0.717) is 43.7 Å². The van der Waals surface area contributed by atoms with Gasteiger partial charge in [0.2, 0.25) is 17.7 Å². The van der Waals surface area contributed by atoms with Gasteiger partial charge in [-0.25, -0.2) is 0 Å². The van der Waals surface area contributed by atoms with Crippen LogP contribution in [0.4, 0.5) is 0 Å². The summed E-state index contributed by atoms with van der Waals surface area (Å²) in [6, 6.07) is -1.39. The number of carbonyl (C=O) groups is 4. The van der Waals surface area contributed by atoms with Gasteiger partial charge in [0.15, 0.2) is 5.78 Å². The Labute approximate surface area is 258 Å². The number of nitrogens with one attached hydrogen (secondary N) is 6. The first kappa shape index (κ1) is 40.0. The number of likely N-dealkylation sites (N-methyl/N-ethyl adjacent to an activating group) is 2. The molecule has 0 aromatic rings. The first-order chi connectivity index (χ1) is 20.1. The minimum Gasteiger partial charge on any atom is -0.369 e. The topological polar surface area (TPSA) is 166 Å². The third kappa shape index (κ3) is 19.2. The van der Waals surface area contributed by atoms with E-state index in [4.69, 9.17) is 5.73 Å². The molecule has 0 saturated carbocycles. The molecule has 0 aliphatic rings. The highest BCUT2D eigenvalue weighted by molar-refractivity contribution is 7.99. The van der Waals surface area contributed by atoms with Gasteiger partial charge in [-0.1, -0.05) is 25.0 Å². The molecule has 0 saturated heterocycles. The lowest BCUT2D eigenvalue weighted by Gasteiger charge is -2.23. The molecule has 0 fully saturated rings. The summed E-state index contributed by atoms with van der Waals surface area (Å²) in [7, 11) is 7.34. The third-order valence-electron chi connectivity index (χ3n) is 7.11. The van der Waals surface area contributed by atoms with Crippen molar-refractivity contribution in [3.05, 3.63) is 12.2 Å². The van der Waals surface area contributed by atoms with Crippen LogP contribution in [-0.2, 0) is 19.2 Å². The van der Waals surface area contributed by atoms with E-state index in [9.17, 15) is 19.2 Å². The fourth-order valence-corrected chi connectivity index (χ4v) is 5.54. The van der Waals surface area contributed by atoms with Crippen LogP contribution in [0.3, 0.4) is 0 Å². The van der Waals surface area contributed by atoms with Gasteiger partial charge in [0, 0.05) is 24.5 Å². The second-order valence-electron chi connectivity index (χ2n) is 11.0. The zero-order valence-electron chi connectivity index (χ0n) is 26.7. The summed E-state index contributed by atoms with van der Waals surface area (Å²) in [5.74, 6) is -0.486. The Hall–Kier alpha value is -1.99. The third-order valence-corrected chi connectivity index (χ3v) is 8.45. The van der Waals surface area contributed by atoms with E-state index in [1.807, 2.05) is 21.0 Å². The van der Waals surface area contributed by atoms with Crippen molar-refractivity contribution in [2.24, 2.45) is 11.7 Å². The lowest BCUT2D eigenvalue weighted by molar-refractivity contribution is -0.131. The van der Waals surface area contributed by atoms with Gasteiger partial charge in [-0.3, -0.25) is 19.2 Å². The van der Waals surface area contributed by atoms with Gasteiger partial charge >= 0.3 is 0 Å². The van der Waals surface area contributed by atoms with E-state index in [-0.39, 0.29) is 30.1 Å². The van der Waals surface area contributed by atoms with Gasteiger partial charge < -0.3 is 37.6 Å². The first-order valence-electron chi connectivity index (χ1n) is 15.4. The number of primary amides is 1. The minimum absolute atomic E-state index is 0.0238. The molecule has 0 rings (SSSR count). The number of rotatable bonds is 28. The van der Waals surface area contributed by atoms with Crippen LogP contribution in [0.1, 0.15) is 71.1 Å². The summed E-state index contributed by atoms with van der Waals surface area (Å²) >= 11 is 1.52. The number of ketones is 1. The number of hydrogen-bond acceptors (Lipinski definition) is 9. The molecule has 244 valence electrons. The van der Waals surface area contributed by atoms with Crippen LogP contribution in [0.2, 0.25) is 0 Å². The SMILES string of the molecule is C=C(C)CSC[C@H](CC(=O)[C@H](CCCCNC(=O)[C@H](CCCCNC)NC)NC(=O)C(CCCCNC)NC)C(N)=O. The van der Waals surface area contributed by atoms with Crippen molar-refractivity contribution in [1.29, 1.82) is 0 Å². The van der Waals surface area contributed by atoms with Crippen LogP contribution < -0.4 is 37.6 Å². The molecule has 8 N–H and O–H groups in total. The molecule has 1 unspecified atom stereocenters. The maximum atomic E-state index is 13.4. The number of Topliss-reactive ketones (excluding diaryl/α,β-unsaturated/α-hetero) is 1.